The van der Waals surface area contributed by atoms with Gasteiger partial charge in [-0.25, -0.2) is 4.79 Å². The molecule has 0 saturated carbocycles. The Kier molecular flexibility index (Phi) is 4.60. The summed E-state index contributed by atoms with van der Waals surface area (Å²) < 4.78 is 1.68. The summed E-state index contributed by atoms with van der Waals surface area (Å²) in [5, 5.41) is 16.1. The fourth-order valence-corrected chi connectivity index (χ4v) is 2.27. The fraction of sp³-hybridized carbons (Fsp3) is 0.176. The summed E-state index contributed by atoms with van der Waals surface area (Å²) in [6.45, 7) is 3.73. The number of benzene rings is 1. The first-order valence-electron chi connectivity index (χ1n) is 7.81. The van der Waals surface area contributed by atoms with E-state index in [1.165, 1.54) is 0 Å². The van der Waals surface area contributed by atoms with E-state index in [0.717, 1.165) is 0 Å². The van der Waals surface area contributed by atoms with E-state index in [4.69, 9.17) is 0 Å². The van der Waals surface area contributed by atoms with Gasteiger partial charge in [-0.2, -0.15) is 0 Å². The van der Waals surface area contributed by atoms with Gasteiger partial charge in [0.2, 0.25) is 5.95 Å². The number of pyridine rings is 1. The van der Waals surface area contributed by atoms with Crippen molar-refractivity contribution in [2.45, 2.75) is 19.9 Å². The Morgan fingerprint density at radius 3 is 2.68 bits per heavy atom. The Labute approximate surface area is 144 Å². The standard InChI is InChI=1S/C17H18N6O2/c1-11(2)18-17(25)19-13-7-5-6-12(10-13)15(24)20-16-22-21-14-8-3-4-9-23(14)16/h3-11H,1-2H3,(H2,18,19,25)(H,20,22,24). The van der Waals surface area contributed by atoms with Crippen molar-refractivity contribution in [3.05, 3.63) is 54.2 Å². The minimum Gasteiger partial charge on any atom is -0.336 e. The Hall–Kier alpha value is -3.42. The van der Waals surface area contributed by atoms with Crippen LogP contribution in [0.5, 0.6) is 0 Å². The van der Waals surface area contributed by atoms with Gasteiger partial charge in [-0.05, 0) is 44.2 Å². The van der Waals surface area contributed by atoms with Gasteiger partial charge < -0.3 is 10.6 Å². The molecule has 3 rings (SSSR count). The van der Waals surface area contributed by atoms with Gasteiger partial charge in [-0.1, -0.05) is 12.1 Å². The van der Waals surface area contributed by atoms with E-state index >= 15 is 0 Å². The van der Waals surface area contributed by atoms with Gasteiger partial charge in [0.25, 0.3) is 5.91 Å². The third-order valence-electron chi connectivity index (χ3n) is 3.34. The van der Waals surface area contributed by atoms with Gasteiger partial charge in [-0.3, -0.25) is 14.5 Å². The number of amides is 3. The lowest BCUT2D eigenvalue weighted by Crippen LogP contribution is -2.34. The van der Waals surface area contributed by atoms with Crippen LogP contribution in [-0.4, -0.2) is 32.6 Å². The van der Waals surface area contributed by atoms with Crippen LogP contribution in [0.1, 0.15) is 24.2 Å². The summed E-state index contributed by atoms with van der Waals surface area (Å²) in [4.78, 5) is 24.2. The number of urea groups is 1. The molecule has 2 aromatic heterocycles. The maximum atomic E-state index is 12.5. The lowest BCUT2D eigenvalue weighted by Gasteiger charge is -2.11. The highest BCUT2D eigenvalue weighted by Crippen LogP contribution is 2.13. The average Bonchev–Trinajstić information content (AvgIpc) is 2.97. The Balaban J connectivity index is 1.74. The number of carbonyl (C=O) groups is 2. The van der Waals surface area contributed by atoms with Crippen molar-refractivity contribution in [2.75, 3.05) is 10.6 Å². The zero-order valence-electron chi connectivity index (χ0n) is 13.9. The number of nitrogens with one attached hydrogen (secondary N) is 3. The third kappa shape index (κ3) is 3.92. The molecule has 8 nitrogen and oxygen atoms in total. The molecule has 0 saturated heterocycles. The quantitative estimate of drug-likeness (QED) is 0.680. The normalized spacial score (nSPS) is 10.7. The van der Waals surface area contributed by atoms with E-state index < -0.39 is 0 Å². The van der Waals surface area contributed by atoms with Crippen LogP contribution in [-0.2, 0) is 0 Å². The number of hydrogen-bond donors (Lipinski definition) is 3. The number of aromatic nitrogens is 3. The van der Waals surface area contributed by atoms with E-state index in [2.05, 4.69) is 26.1 Å². The van der Waals surface area contributed by atoms with E-state index in [9.17, 15) is 9.59 Å². The number of rotatable bonds is 4. The van der Waals surface area contributed by atoms with Crippen molar-refractivity contribution >= 4 is 29.2 Å². The van der Waals surface area contributed by atoms with Crippen LogP contribution in [0.3, 0.4) is 0 Å². The summed E-state index contributed by atoms with van der Waals surface area (Å²) in [6, 6.07) is 11.8. The summed E-state index contributed by atoms with van der Waals surface area (Å²) in [7, 11) is 0. The molecule has 0 bridgehead atoms. The Bertz CT molecular complexity index is 918. The third-order valence-corrected chi connectivity index (χ3v) is 3.34. The first-order valence-corrected chi connectivity index (χ1v) is 7.81. The molecular formula is C17H18N6O2. The summed E-state index contributed by atoms with van der Waals surface area (Å²) in [5.74, 6) is -0.0115. The second-order valence-electron chi connectivity index (χ2n) is 5.74. The zero-order valence-corrected chi connectivity index (χ0v) is 13.9. The summed E-state index contributed by atoms with van der Waals surface area (Å²) in [6.07, 6.45) is 1.76. The number of nitrogens with zero attached hydrogens (tertiary/aromatic N) is 3. The fourth-order valence-electron chi connectivity index (χ4n) is 2.27. The van der Waals surface area contributed by atoms with Crippen molar-refractivity contribution in [3.8, 4) is 0 Å². The molecule has 0 aliphatic heterocycles. The summed E-state index contributed by atoms with van der Waals surface area (Å²) >= 11 is 0. The largest absolute Gasteiger partial charge is 0.336 e. The molecule has 0 aliphatic carbocycles. The topological polar surface area (TPSA) is 100 Å². The SMILES string of the molecule is CC(C)NC(=O)Nc1cccc(C(=O)Nc2nnc3ccccn23)c1. The Morgan fingerprint density at radius 1 is 1.04 bits per heavy atom. The van der Waals surface area contributed by atoms with Gasteiger partial charge >= 0.3 is 6.03 Å². The summed E-state index contributed by atoms with van der Waals surface area (Å²) in [5.41, 5.74) is 1.56. The minimum atomic E-state index is -0.342. The molecule has 1 aromatic carbocycles. The number of hydrogen-bond acceptors (Lipinski definition) is 4. The van der Waals surface area contributed by atoms with Crippen LogP contribution in [0.15, 0.2) is 48.7 Å². The molecule has 2 heterocycles. The molecule has 3 amide bonds. The van der Waals surface area contributed by atoms with Crippen molar-refractivity contribution in [1.82, 2.24) is 19.9 Å². The minimum absolute atomic E-state index is 0.0210. The highest BCUT2D eigenvalue weighted by Gasteiger charge is 2.12. The van der Waals surface area contributed by atoms with Crippen LogP contribution in [0, 0.1) is 0 Å². The molecule has 0 aliphatic rings. The van der Waals surface area contributed by atoms with Crippen LogP contribution in [0.4, 0.5) is 16.4 Å². The molecule has 0 radical (unpaired) electrons. The zero-order chi connectivity index (χ0) is 17.8. The van der Waals surface area contributed by atoms with Crippen molar-refractivity contribution in [1.29, 1.82) is 0 Å². The van der Waals surface area contributed by atoms with E-state index in [0.29, 0.717) is 22.8 Å². The van der Waals surface area contributed by atoms with E-state index in [1.807, 2.05) is 26.0 Å². The second-order valence-corrected chi connectivity index (χ2v) is 5.74. The lowest BCUT2D eigenvalue weighted by atomic mass is 10.2. The molecule has 3 N–H and O–H groups in total. The first-order chi connectivity index (χ1) is 12.0. The van der Waals surface area contributed by atoms with Crippen LogP contribution < -0.4 is 16.0 Å². The first kappa shape index (κ1) is 16.4. The molecule has 0 fully saturated rings. The molecule has 0 atom stereocenters. The van der Waals surface area contributed by atoms with Crippen LogP contribution in [0.2, 0.25) is 0 Å². The van der Waals surface area contributed by atoms with Crippen LogP contribution >= 0.6 is 0 Å². The van der Waals surface area contributed by atoms with Crippen molar-refractivity contribution < 1.29 is 9.59 Å². The predicted molar refractivity (Wildman–Crippen MR) is 94.7 cm³/mol. The highest BCUT2D eigenvalue weighted by atomic mass is 16.2. The predicted octanol–water partition coefficient (Wildman–Crippen LogP) is 2.51. The van der Waals surface area contributed by atoms with E-state index in [-0.39, 0.29) is 18.0 Å². The maximum Gasteiger partial charge on any atom is 0.319 e. The number of fused-ring (bicyclic) bond motifs is 1. The average molecular weight is 338 g/mol. The number of carbonyl (C=O) groups excluding carboxylic acids is 2. The lowest BCUT2D eigenvalue weighted by molar-refractivity contribution is 0.102. The molecule has 8 heteroatoms. The van der Waals surface area contributed by atoms with Gasteiger partial charge in [0.05, 0.1) is 0 Å². The van der Waals surface area contributed by atoms with Gasteiger partial charge in [0.15, 0.2) is 5.65 Å². The van der Waals surface area contributed by atoms with Crippen molar-refractivity contribution in [2.24, 2.45) is 0 Å². The molecule has 25 heavy (non-hydrogen) atoms. The molecule has 3 aromatic rings. The van der Waals surface area contributed by atoms with Crippen LogP contribution in [0.25, 0.3) is 5.65 Å². The molecule has 0 spiro atoms. The van der Waals surface area contributed by atoms with Gasteiger partial charge in [-0.15, -0.1) is 10.2 Å². The maximum absolute atomic E-state index is 12.5. The van der Waals surface area contributed by atoms with Gasteiger partial charge in [0.1, 0.15) is 0 Å². The van der Waals surface area contributed by atoms with Gasteiger partial charge in [0, 0.05) is 23.5 Å². The second kappa shape index (κ2) is 7.00. The molecule has 0 unspecified atom stereocenters. The van der Waals surface area contributed by atoms with E-state index in [1.54, 1.807) is 40.9 Å². The smallest absolute Gasteiger partial charge is 0.319 e. The highest BCUT2D eigenvalue weighted by molar-refractivity contribution is 6.04. The molecular weight excluding hydrogens is 320 g/mol. The monoisotopic (exact) mass is 338 g/mol. The van der Waals surface area contributed by atoms with Crippen molar-refractivity contribution in [3.63, 3.8) is 0 Å². The Morgan fingerprint density at radius 2 is 1.88 bits per heavy atom. The number of anilines is 2. The molecule has 128 valence electrons.